The van der Waals surface area contributed by atoms with E-state index < -0.39 is 129 Å². The van der Waals surface area contributed by atoms with Gasteiger partial charge in [-0.3, -0.25) is 14.4 Å². The van der Waals surface area contributed by atoms with Crippen LogP contribution in [0.5, 0.6) is 0 Å². The smallest absolute Gasteiger partial charge is 0.217 e. The van der Waals surface area contributed by atoms with Crippen molar-refractivity contribution >= 4 is 17.7 Å². The Kier molecular flexibility index (Phi) is 18.8. The van der Waals surface area contributed by atoms with E-state index in [0.717, 1.165) is 11.1 Å². The second-order valence-electron chi connectivity index (χ2n) is 15.6. The first kappa shape index (κ1) is 48.4. The van der Waals surface area contributed by atoms with Crippen LogP contribution in [0.1, 0.15) is 31.9 Å². The molecule has 2 aromatic rings. The lowest BCUT2D eigenvalue weighted by atomic mass is 9.85. The van der Waals surface area contributed by atoms with Crippen LogP contribution in [0.3, 0.4) is 0 Å². The summed E-state index contributed by atoms with van der Waals surface area (Å²) in [6.07, 6.45) is -11.1. The number of carbonyl (C=O) groups is 3. The van der Waals surface area contributed by atoms with Crippen LogP contribution in [0, 0.1) is 11.8 Å². The zero-order valence-electron chi connectivity index (χ0n) is 34.6. The molecule has 3 aliphatic heterocycles. The zero-order chi connectivity index (χ0) is 44.1. The van der Waals surface area contributed by atoms with E-state index in [0.29, 0.717) is 0 Å². The van der Waals surface area contributed by atoms with Gasteiger partial charge in [0.2, 0.25) is 17.7 Å². The molecule has 6 unspecified atom stereocenters. The fraction of sp³-hybridized carbons (Fsp3) is 0.643. The van der Waals surface area contributed by atoms with Gasteiger partial charge in [0.15, 0.2) is 6.29 Å². The number of hydrogen-bond donors (Lipinski definition) is 9. The van der Waals surface area contributed by atoms with Crippen LogP contribution in [-0.2, 0) is 60.8 Å². The number of aliphatic hydroxyl groups is 6. The maximum Gasteiger partial charge on any atom is 0.217 e. The topological polar surface area (TPSA) is 273 Å². The number of nitrogens with one attached hydrogen (secondary N) is 3. The summed E-state index contributed by atoms with van der Waals surface area (Å²) in [4.78, 5) is 37.0. The molecule has 19 nitrogen and oxygen atoms in total. The molecule has 0 bridgehead atoms. The Morgan fingerprint density at radius 3 is 1.41 bits per heavy atom. The van der Waals surface area contributed by atoms with Gasteiger partial charge in [-0.25, -0.2) is 0 Å². The molecule has 0 radical (unpaired) electrons. The molecule has 5 rings (SSSR count). The summed E-state index contributed by atoms with van der Waals surface area (Å²) in [6.45, 7) is 1.88. The van der Waals surface area contributed by atoms with Crippen LogP contribution in [0.4, 0.5) is 0 Å². The van der Waals surface area contributed by atoms with E-state index in [2.05, 4.69) is 16.0 Å². The van der Waals surface area contributed by atoms with Crippen LogP contribution >= 0.6 is 0 Å². The molecule has 3 fully saturated rings. The number of hydrogen-bond acceptors (Lipinski definition) is 16. The molecule has 3 saturated heterocycles. The third-order valence-electron chi connectivity index (χ3n) is 11.1. The normalized spacial score (nSPS) is 34.0. The Bertz CT molecular complexity index is 1650. The Morgan fingerprint density at radius 1 is 0.525 bits per heavy atom. The molecular weight excluding hydrogens is 802 g/mol. The van der Waals surface area contributed by atoms with Gasteiger partial charge >= 0.3 is 0 Å². The first-order valence-corrected chi connectivity index (χ1v) is 20.5. The van der Waals surface area contributed by atoms with Crippen molar-refractivity contribution in [3.8, 4) is 0 Å². The standard InChI is InChI=1S/C42H61N3O16/c1-23(49)43-35-33(60-32(16-48)38(52)39(35)53)21-55-19-28-30(14-46)59-34(36(44-24(2)50)40(28)57-17-26-10-6-4-7-11-26)22-56-20-29-31(15-47)61-42(54)37(45-25(3)51)41(29)58-18-27-12-8-5-9-13-27/h4-13,28-42,46-48,52-54H,14-22H2,1-3H3,(H,43,49)(H,44,50)(H,45,51)/t28-,29-,30?,31?,32?,33+,34+,35?,36?,37?,38-,39-,40+,41+,42-/m1/s1. The highest BCUT2D eigenvalue weighted by Gasteiger charge is 2.50. The first-order valence-electron chi connectivity index (χ1n) is 20.5. The highest BCUT2D eigenvalue weighted by molar-refractivity contribution is 5.74. The summed E-state index contributed by atoms with van der Waals surface area (Å²) in [5.41, 5.74) is 1.66. The van der Waals surface area contributed by atoms with Crippen molar-refractivity contribution in [1.82, 2.24) is 16.0 Å². The van der Waals surface area contributed by atoms with Crippen LogP contribution in [0.2, 0.25) is 0 Å². The molecule has 61 heavy (non-hydrogen) atoms. The average Bonchev–Trinajstić information content (AvgIpc) is 3.24. The van der Waals surface area contributed by atoms with E-state index in [4.69, 9.17) is 33.2 Å². The van der Waals surface area contributed by atoms with E-state index >= 15 is 0 Å². The molecule has 0 aromatic heterocycles. The average molecular weight is 864 g/mol. The van der Waals surface area contributed by atoms with Crippen LogP contribution in [0.15, 0.2) is 60.7 Å². The molecule has 15 atom stereocenters. The Labute approximate surface area is 354 Å². The summed E-state index contributed by atoms with van der Waals surface area (Å²) in [5, 5.41) is 71.3. The molecule has 3 heterocycles. The van der Waals surface area contributed by atoms with Gasteiger partial charge in [0, 0.05) is 32.6 Å². The highest BCUT2D eigenvalue weighted by atomic mass is 16.6. The Balaban J connectivity index is 1.36. The molecule has 0 spiro atoms. The van der Waals surface area contributed by atoms with Gasteiger partial charge in [0.05, 0.1) is 96.0 Å². The molecule has 3 aliphatic rings. The van der Waals surface area contributed by atoms with E-state index in [1.165, 1.54) is 20.8 Å². The number of aliphatic hydroxyl groups excluding tert-OH is 6. The van der Waals surface area contributed by atoms with Crippen molar-refractivity contribution in [3.63, 3.8) is 0 Å². The lowest BCUT2D eigenvalue weighted by Gasteiger charge is -2.47. The van der Waals surface area contributed by atoms with Gasteiger partial charge in [-0.1, -0.05) is 60.7 Å². The quantitative estimate of drug-likeness (QED) is 0.0689. The lowest BCUT2D eigenvalue weighted by Crippen LogP contribution is -2.66. The number of benzene rings is 2. The molecule has 2 aromatic carbocycles. The number of amides is 3. The SMILES string of the molecule is CC(=O)NC1[C@H](COC[C@@H]2C(CO)O[C@@H](COC[C@@H]3C(CO)O[C@@H](O)C(NC(C)=O)[C@H]3OCc3ccccc3)C(NC(C)=O)[C@H]2OCc2ccccc2)OC(CO)[C@@H](O)[C@@H]1O. The van der Waals surface area contributed by atoms with E-state index in [-0.39, 0.29) is 39.6 Å². The second kappa shape index (κ2) is 23.7. The van der Waals surface area contributed by atoms with E-state index in [1.54, 1.807) is 0 Å². The summed E-state index contributed by atoms with van der Waals surface area (Å²) < 4.78 is 43.3. The number of ether oxygens (including phenoxy) is 7. The summed E-state index contributed by atoms with van der Waals surface area (Å²) in [6, 6.07) is 15.6. The number of carbonyl (C=O) groups excluding carboxylic acids is 3. The summed E-state index contributed by atoms with van der Waals surface area (Å²) >= 11 is 0. The Hall–Kier alpha value is -3.67. The monoisotopic (exact) mass is 863 g/mol. The minimum absolute atomic E-state index is 0.104. The van der Waals surface area contributed by atoms with Crippen LogP contribution < -0.4 is 16.0 Å². The fourth-order valence-corrected chi connectivity index (χ4v) is 8.18. The summed E-state index contributed by atoms with van der Waals surface area (Å²) in [7, 11) is 0. The largest absolute Gasteiger partial charge is 0.394 e. The third-order valence-corrected chi connectivity index (χ3v) is 11.1. The molecule has 9 N–H and O–H groups in total. The highest BCUT2D eigenvalue weighted by Crippen LogP contribution is 2.33. The molecular formula is C42H61N3O16. The number of rotatable bonds is 20. The van der Waals surface area contributed by atoms with Crippen molar-refractivity contribution in [2.24, 2.45) is 11.8 Å². The van der Waals surface area contributed by atoms with Gasteiger partial charge in [-0.05, 0) is 11.1 Å². The van der Waals surface area contributed by atoms with Gasteiger partial charge in [-0.2, -0.15) is 0 Å². The molecule has 340 valence electrons. The minimum atomic E-state index is -1.50. The maximum atomic E-state index is 12.8. The zero-order valence-corrected chi connectivity index (χ0v) is 34.6. The van der Waals surface area contributed by atoms with Gasteiger partial charge in [-0.15, -0.1) is 0 Å². The van der Waals surface area contributed by atoms with Gasteiger partial charge in [0.1, 0.15) is 36.6 Å². The minimum Gasteiger partial charge on any atom is -0.394 e. The lowest BCUT2D eigenvalue weighted by molar-refractivity contribution is -0.258. The maximum absolute atomic E-state index is 12.8. The second-order valence-corrected chi connectivity index (χ2v) is 15.6. The van der Waals surface area contributed by atoms with E-state index in [9.17, 15) is 45.0 Å². The molecule has 0 aliphatic carbocycles. The predicted octanol–water partition coefficient (Wildman–Crippen LogP) is -2.11. The van der Waals surface area contributed by atoms with Crippen LogP contribution in [0.25, 0.3) is 0 Å². The first-order chi connectivity index (χ1) is 29.3. The van der Waals surface area contributed by atoms with E-state index in [1.807, 2.05) is 60.7 Å². The fourth-order valence-electron chi connectivity index (χ4n) is 8.18. The van der Waals surface area contributed by atoms with Gasteiger partial charge < -0.3 is 79.7 Å². The molecule has 3 amide bonds. The van der Waals surface area contributed by atoms with Crippen molar-refractivity contribution in [2.75, 3.05) is 46.2 Å². The van der Waals surface area contributed by atoms with Crippen molar-refractivity contribution in [3.05, 3.63) is 71.8 Å². The van der Waals surface area contributed by atoms with Crippen molar-refractivity contribution in [2.45, 2.75) is 113 Å². The molecule has 19 heteroatoms. The predicted molar refractivity (Wildman–Crippen MR) is 213 cm³/mol. The summed E-state index contributed by atoms with van der Waals surface area (Å²) in [5.74, 6) is -2.78. The molecule has 0 saturated carbocycles. The van der Waals surface area contributed by atoms with Gasteiger partial charge in [0.25, 0.3) is 0 Å². The Morgan fingerprint density at radius 2 is 0.934 bits per heavy atom. The van der Waals surface area contributed by atoms with Crippen LogP contribution in [-0.4, -0.2) is 174 Å². The van der Waals surface area contributed by atoms with Crippen molar-refractivity contribution < 1.29 is 78.2 Å². The third kappa shape index (κ3) is 13.2. The van der Waals surface area contributed by atoms with Crippen molar-refractivity contribution in [1.29, 1.82) is 0 Å².